The first-order chi connectivity index (χ1) is 13.8. The van der Waals surface area contributed by atoms with Crippen LogP contribution in [0.25, 0.3) is 0 Å². The number of ether oxygens (including phenoxy) is 2. The number of phenols is 2. The van der Waals surface area contributed by atoms with Gasteiger partial charge >= 0.3 is 65.1 Å². The van der Waals surface area contributed by atoms with Crippen molar-refractivity contribution in [3.8, 4) is 23.0 Å². The zero-order chi connectivity index (χ0) is 20.7. The van der Waals surface area contributed by atoms with E-state index in [0.29, 0.717) is 40.1 Å². The summed E-state index contributed by atoms with van der Waals surface area (Å²) in [4.78, 5) is 12.8. The molecular formula is C20H8Br4Na2O5+2. The molecule has 2 heterocycles. The quantitative estimate of drug-likeness (QED) is 0.269. The molecule has 3 aromatic carbocycles. The van der Waals surface area contributed by atoms with Crippen molar-refractivity contribution in [2.45, 2.75) is 5.60 Å². The van der Waals surface area contributed by atoms with E-state index in [9.17, 15) is 15.0 Å². The van der Waals surface area contributed by atoms with Crippen molar-refractivity contribution >= 4 is 69.7 Å². The summed E-state index contributed by atoms with van der Waals surface area (Å²) in [5, 5.41) is 20.8. The Kier molecular flexibility index (Phi) is 7.77. The van der Waals surface area contributed by atoms with Gasteiger partial charge in [-0.05, 0) is 81.9 Å². The van der Waals surface area contributed by atoms with E-state index >= 15 is 0 Å². The Morgan fingerprint density at radius 2 is 1.26 bits per heavy atom. The van der Waals surface area contributed by atoms with Crippen LogP contribution in [-0.2, 0) is 10.3 Å². The summed E-state index contributed by atoms with van der Waals surface area (Å²) in [6.45, 7) is 0. The molecule has 0 saturated carbocycles. The Morgan fingerprint density at radius 3 is 1.77 bits per heavy atom. The van der Waals surface area contributed by atoms with Gasteiger partial charge in [-0.15, -0.1) is 0 Å². The van der Waals surface area contributed by atoms with Crippen LogP contribution in [0.15, 0.2) is 54.3 Å². The SMILES string of the molecule is O=C1OC2(c3ccccc31)c1cc(Br)c(O)c(Br)c1Oc1c2cc(Br)c(O)c1Br.[Na+].[Na+]. The zero-order valence-electron chi connectivity index (χ0n) is 16.1. The van der Waals surface area contributed by atoms with Gasteiger partial charge in [-0.3, -0.25) is 0 Å². The van der Waals surface area contributed by atoms with E-state index in [-0.39, 0.29) is 82.1 Å². The number of carbonyl (C=O) groups is 1. The van der Waals surface area contributed by atoms with Crippen LogP contribution in [0.4, 0.5) is 0 Å². The first-order valence-electron chi connectivity index (χ1n) is 8.21. The van der Waals surface area contributed by atoms with E-state index in [4.69, 9.17) is 9.47 Å². The van der Waals surface area contributed by atoms with E-state index in [0.717, 1.165) is 0 Å². The average Bonchev–Trinajstić information content (AvgIpc) is 3.00. The third-order valence-corrected chi connectivity index (χ3v) is 7.71. The maximum absolute atomic E-state index is 12.8. The number of halogens is 4. The van der Waals surface area contributed by atoms with Gasteiger partial charge in [-0.1, -0.05) is 18.2 Å². The Labute approximate surface area is 255 Å². The minimum absolute atomic E-state index is 0. The average molecular weight is 694 g/mol. The Hall–Kier alpha value is 0.450. The largest absolute Gasteiger partial charge is 1.00 e. The first-order valence-corrected chi connectivity index (χ1v) is 11.4. The molecule has 5 nitrogen and oxygen atoms in total. The molecule has 0 aromatic heterocycles. The molecule has 0 fully saturated rings. The second kappa shape index (κ2) is 9.24. The van der Waals surface area contributed by atoms with Gasteiger partial charge < -0.3 is 19.7 Å². The van der Waals surface area contributed by atoms with Gasteiger partial charge in [0.15, 0.2) is 17.1 Å². The molecule has 0 bridgehead atoms. The zero-order valence-corrected chi connectivity index (χ0v) is 26.4. The molecule has 0 unspecified atom stereocenters. The molecule has 11 heteroatoms. The van der Waals surface area contributed by atoms with Crippen LogP contribution in [0, 0.1) is 0 Å². The van der Waals surface area contributed by atoms with Gasteiger partial charge in [0.1, 0.15) is 20.4 Å². The van der Waals surface area contributed by atoms with Crippen LogP contribution in [0.5, 0.6) is 23.0 Å². The summed E-state index contributed by atoms with van der Waals surface area (Å²) in [5.74, 6) is -0.0230. The van der Waals surface area contributed by atoms with Crippen molar-refractivity contribution in [1.82, 2.24) is 0 Å². The summed E-state index contributed by atoms with van der Waals surface area (Å²) in [6.07, 6.45) is 0. The molecule has 2 aliphatic heterocycles. The van der Waals surface area contributed by atoms with E-state index in [2.05, 4.69) is 63.7 Å². The Bertz CT molecular complexity index is 1200. The van der Waals surface area contributed by atoms with Gasteiger partial charge in [0.2, 0.25) is 0 Å². The van der Waals surface area contributed by atoms with E-state index in [1.165, 1.54) is 0 Å². The maximum atomic E-state index is 12.8. The van der Waals surface area contributed by atoms with E-state index in [1.807, 2.05) is 12.1 Å². The second-order valence-electron chi connectivity index (χ2n) is 6.51. The first kappa shape index (κ1) is 26.1. The standard InChI is InChI=1S/C20H8Br4O5.2Na/c21-11-5-9-17(13(23)15(11)25)28-18-10(6-12(22)16(26)14(18)24)20(9)8-4-2-1-3-7(8)19(27)29-20;;/h1-6,25-26H;;/q;2*+1. The van der Waals surface area contributed by atoms with Gasteiger partial charge in [0.05, 0.1) is 25.6 Å². The molecule has 0 amide bonds. The van der Waals surface area contributed by atoms with Crippen LogP contribution >= 0.6 is 63.7 Å². The Balaban J connectivity index is 0.00000136. The molecular weight excluding hydrogens is 686 g/mol. The topological polar surface area (TPSA) is 76.0 Å². The van der Waals surface area contributed by atoms with Gasteiger partial charge in [0, 0.05) is 5.56 Å². The van der Waals surface area contributed by atoms with Gasteiger partial charge in [-0.25, -0.2) is 4.79 Å². The molecule has 0 atom stereocenters. The normalized spacial score (nSPS) is 14.4. The van der Waals surface area contributed by atoms with E-state index < -0.39 is 11.6 Å². The third kappa shape index (κ3) is 3.63. The van der Waals surface area contributed by atoms with Crippen LogP contribution in [0.2, 0.25) is 0 Å². The number of phenolic OH excluding ortho intramolecular Hbond substituents is 2. The fraction of sp³-hybridized carbons (Fsp3) is 0.0500. The predicted octanol–water partition coefficient (Wildman–Crippen LogP) is 0.724. The fourth-order valence-corrected chi connectivity index (χ4v) is 6.17. The number of hydrogen-bond donors (Lipinski definition) is 2. The summed E-state index contributed by atoms with van der Waals surface area (Å²) in [5.41, 5.74) is 0.819. The second-order valence-corrected chi connectivity index (χ2v) is 9.81. The van der Waals surface area contributed by atoms with Crippen molar-refractivity contribution in [1.29, 1.82) is 0 Å². The summed E-state index contributed by atoms with van der Waals surface area (Å²) >= 11 is 13.5. The van der Waals surface area contributed by atoms with Crippen LogP contribution < -0.4 is 63.9 Å². The molecule has 3 aromatic rings. The van der Waals surface area contributed by atoms with Crippen molar-refractivity contribution in [3.05, 3.63) is 76.5 Å². The minimum Gasteiger partial charge on any atom is -0.505 e. The third-order valence-electron chi connectivity index (χ3n) is 5.03. The number of esters is 1. The predicted molar refractivity (Wildman–Crippen MR) is 119 cm³/mol. The number of hydrogen-bond acceptors (Lipinski definition) is 5. The molecule has 2 aliphatic rings. The molecule has 1 spiro atoms. The van der Waals surface area contributed by atoms with Crippen molar-refractivity contribution in [3.63, 3.8) is 0 Å². The van der Waals surface area contributed by atoms with Crippen LogP contribution in [0.1, 0.15) is 27.0 Å². The van der Waals surface area contributed by atoms with Gasteiger partial charge in [-0.2, -0.15) is 0 Å². The molecule has 0 radical (unpaired) electrons. The Morgan fingerprint density at radius 1 is 0.774 bits per heavy atom. The number of benzene rings is 3. The van der Waals surface area contributed by atoms with E-state index in [1.54, 1.807) is 24.3 Å². The van der Waals surface area contributed by atoms with Gasteiger partial charge in [0.25, 0.3) is 0 Å². The molecule has 0 aliphatic carbocycles. The maximum Gasteiger partial charge on any atom is 1.00 e. The number of fused-ring (bicyclic) bond motifs is 6. The fourth-order valence-electron chi connectivity index (χ4n) is 3.77. The minimum atomic E-state index is -1.33. The summed E-state index contributed by atoms with van der Waals surface area (Å²) in [7, 11) is 0. The van der Waals surface area contributed by atoms with Crippen LogP contribution in [0.3, 0.4) is 0 Å². The smallest absolute Gasteiger partial charge is 0.505 e. The van der Waals surface area contributed by atoms with Crippen molar-refractivity contribution in [2.75, 3.05) is 0 Å². The molecule has 2 N–H and O–H groups in total. The monoisotopic (exact) mass is 690 g/mol. The summed E-state index contributed by atoms with van der Waals surface area (Å²) < 4.78 is 13.6. The summed E-state index contributed by atoms with van der Waals surface area (Å²) in [6, 6.07) is 10.5. The number of carbonyl (C=O) groups excluding carboxylic acids is 1. The molecule has 31 heavy (non-hydrogen) atoms. The number of aromatic hydroxyl groups is 2. The van der Waals surface area contributed by atoms with Crippen LogP contribution in [-0.4, -0.2) is 16.2 Å². The molecule has 5 rings (SSSR count). The molecule has 146 valence electrons. The van der Waals surface area contributed by atoms with Crippen molar-refractivity contribution < 1.29 is 83.6 Å². The molecule has 0 saturated heterocycles. The van der Waals surface area contributed by atoms with Crippen molar-refractivity contribution in [2.24, 2.45) is 0 Å². The number of rotatable bonds is 0.